The molecule has 2 aliphatic heterocycles. The summed E-state index contributed by atoms with van der Waals surface area (Å²) < 4.78 is 34.2. The first-order chi connectivity index (χ1) is 11.4. The zero-order valence-electron chi connectivity index (χ0n) is 14.1. The summed E-state index contributed by atoms with van der Waals surface area (Å²) in [6, 6.07) is 6.82. The van der Waals surface area contributed by atoms with Gasteiger partial charge in [0.2, 0.25) is 0 Å². The fourth-order valence-electron chi connectivity index (χ4n) is 3.63. The molecule has 24 heavy (non-hydrogen) atoms. The molecule has 1 saturated heterocycles. The van der Waals surface area contributed by atoms with Gasteiger partial charge in [0.1, 0.15) is 6.04 Å². The van der Waals surface area contributed by atoms with Crippen LogP contribution in [0.3, 0.4) is 0 Å². The van der Waals surface area contributed by atoms with E-state index in [-0.39, 0.29) is 12.6 Å². The fourth-order valence-corrected chi connectivity index (χ4v) is 5.60. The van der Waals surface area contributed by atoms with Gasteiger partial charge in [-0.2, -0.15) is 17.0 Å². The SMILES string of the molecule is COC(=O)C1Cc2ccccc2CN1S(=O)(=O)N1CCCCC1C. The molecule has 2 atom stereocenters. The van der Waals surface area contributed by atoms with Crippen molar-refractivity contribution in [1.82, 2.24) is 8.61 Å². The number of fused-ring (bicyclic) bond motifs is 1. The molecule has 0 radical (unpaired) electrons. The van der Waals surface area contributed by atoms with Crippen LogP contribution in [0.25, 0.3) is 0 Å². The summed E-state index contributed by atoms with van der Waals surface area (Å²) in [7, 11) is -2.41. The van der Waals surface area contributed by atoms with E-state index in [0.717, 1.165) is 30.4 Å². The minimum Gasteiger partial charge on any atom is -0.468 e. The monoisotopic (exact) mass is 352 g/mol. The Labute approximate surface area is 143 Å². The van der Waals surface area contributed by atoms with Crippen LogP contribution < -0.4 is 0 Å². The number of hydrogen-bond donors (Lipinski definition) is 0. The molecule has 0 N–H and O–H groups in total. The molecule has 3 rings (SSSR count). The lowest BCUT2D eigenvalue weighted by molar-refractivity contribution is -0.145. The third-order valence-electron chi connectivity index (χ3n) is 5.01. The van der Waals surface area contributed by atoms with Crippen LogP contribution in [-0.2, 0) is 32.7 Å². The molecule has 0 saturated carbocycles. The summed E-state index contributed by atoms with van der Waals surface area (Å²) in [5.74, 6) is -0.502. The second-order valence-electron chi connectivity index (χ2n) is 6.52. The Kier molecular flexibility index (Phi) is 4.94. The molecule has 0 spiro atoms. The number of carbonyl (C=O) groups is 1. The molecule has 2 aliphatic rings. The first-order valence-corrected chi connectivity index (χ1v) is 9.78. The maximum absolute atomic E-state index is 13.2. The van der Waals surface area contributed by atoms with Crippen molar-refractivity contribution in [1.29, 1.82) is 0 Å². The lowest BCUT2D eigenvalue weighted by atomic mass is 9.96. The van der Waals surface area contributed by atoms with Crippen LogP contribution in [0.15, 0.2) is 24.3 Å². The number of carbonyl (C=O) groups excluding carboxylic acids is 1. The summed E-state index contributed by atoms with van der Waals surface area (Å²) in [6.07, 6.45) is 3.10. The Balaban J connectivity index is 1.98. The number of benzene rings is 1. The van der Waals surface area contributed by atoms with Gasteiger partial charge in [0.05, 0.1) is 7.11 Å². The molecule has 6 nitrogen and oxygen atoms in total. The third-order valence-corrected chi connectivity index (χ3v) is 7.12. The van der Waals surface area contributed by atoms with Crippen molar-refractivity contribution < 1.29 is 17.9 Å². The van der Waals surface area contributed by atoms with Gasteiger partial charge >= 0.3 is 5.97 Å². The van der Waals surface area contributed by atoms with E-state index >= 15 is 0 Å². The number of piperidine rings is 1. The van der Waals surface area contributed by atoms with Gasteiger partial charge in [0, 0.05) is 25.6 Å². The Hall–Kier alpha value is -1.44. The topological polar surface area (TPSA) is 66.9 Å². The maximum Gasteiger partial charge on any atom is 0.324 e. The third kappa shape index (κ3) is 3.08. The molecular weight excluding hydrogens is 328 g/mol. The summed E-state index contributed by atoms with van der Waals surface area (Å²) >= 11 is 0. The summed E-state index contributed by atoms with van der Waals surface area (Å²) in [5.41, 5.74) is 1.96. The Bertz CT molecular complexity index is 719. The average Bonchev–Trinajstić information content (AvgIpc) is 2.60. The summed E-state index contributed by atoms with van der Waals surface area (Å²) in [4.78, 5) is 12.3. The second-order valence-corrected chi connectivity index (χ2v) is 8.35. The average molecular weight is 352 g/mol. The highest BCUT2D eigenvalue weighted by molar-refractivity contribution is 7.86. The summed E-state index contributed by atoms with van der Waals surface area (Å²) in [6.45, 7) is 2.65. The number of ether oxygens (including phenoxy) is 1. The number of rotatable bonds is 3. The van der Waals surface area contributed by atoms with Gasteiger partial charge in [-0.25, -0.2) is 0 Å². The predicted molar refractivity (Wildman–Crippen MR) is 90.4 cm³/mol. The van der Waals surface area contributed by atoms with Gasteiger partial charge < -0.3 is 4.74 Å². The van der Waals surface area contributed by atoms with Crippen LogP contribution in [0.4, 0.5) is 0 Å². The van der Waals surface area contributed by atoms with E-state index < -0.39 is 22.2 Å². The molecule has 0 bridgehead atoms. The molecule has 1 aromatic rings. The highest BCUT2D eigenvalue weighted by Crippen LogP contribution is 2.30. The van der Waals surface area contributed by atoms with Crippen LogP contribution >= 0.6 is 0 Å². The van der Waals surface area contributed by atoms with Gasteiger partial charge in [-0.3, -0.25) is 4.79 Å². The standard InChI is InChI=1S/C17H24N2O4S/c1-13-7-5-6-10-18(13)24(21,22)19-12-15-9-4-3-8-14(15)11-16(19)17(20)23-2/h3-4,8-9,13,16H,5-7,10-12H2,1-2H3. The minimum absolute atomic E-state index is 0.0424. The Morgan fingerprint density at radius 1 is 1.17 bits per heavy atom. The first-order valence-electron chi connectivity index (χ1n) is 8.38. The molecule has 0 amide bonds. The van der Waals surface area contributed by atoms with Gasteiger partial charge in [-0.1, -0.05) is 30.7 Å². The summed E-state index contributed by atoms with van der Waals surface area (Å²) in [5, 5.41) is 0. The second kappa shape index (κ2) is 6.82. The van der Waals surface area contributed by atoms with Crippen molar-refractivity contribution in [2.45, 2.75) is 51.2 Å². The molecule has 2 unspecified atom stereocenters. The molecule has 2 heterocycles. The van der Waals surface area contributed by atoms with E-state index in [2.05, 4.69) is 0 Å². The lowest BCUT2D eigenvalue weighted by Gasteiger charge is -2.40. The van der Waals surface area contributed by atoms with E-state index in [1.54, 1.807) is 4.31 Å². The van der Waals surface area contributed by atoms with Crippen molar-refractivity contribution in [3.63, 3.8) is 0 Å². The Morgan fingerprint density at radius 2 is 1.88 bits per heavy atom. The van der Waals surface area contributed by atoms with Crippen LogP contribution in [0.2, 0.25) is 0 Å². The lowest BCUT2D eigenvalue weighted by Crippen LogP contribution is -2.56. The van der Waals surface area contributed by atoms with Crippen molar-refractivity contribution in [2.75, 3.05) is 13.7 Å². The predicted octanol–water partition coefficient (Wildman–Crippen LogP) is 1.71. The highest BCUT2D eigenvalue weighted by Gasteiger charge is 2.43. The van der Waals surface area contributed by atoms with Gasteiger partial charge in [-0.15, -0.1) is 0 Å². The normalized spacial score (nSPS) is 25.9. The van der Waals surface area contributed by atoms with Crippen LogP contribution in [0.1, 0.15) is 37.3 Å². The van der Waals surface area contributed by atoms with Gasteiger partial charge in [-0.05, 0) is 30.9 Å². The minimum atomic E-state index is -3.72. The number of hydrogen-bond acceptors (Lipinski definition) is 4. The van der Waals surface area contributed by atoms with Crippen molar-refractivity contribution in [3.8, 4) is 0 Å². The molecular formula is C17H24N2O4S. The molecule has 1 aromatic carbocycles. The zero-order valence-corrected chi connectivity index (χ0v) is 15.0. The largest absolute Gasteiger partial charge is 0.468 e. The molecule has 132 valence electrons. The highest BCUT2D eigenvalue weighted by atomic mass is 32.2. The fraction of sp³-hybridized carbons (Fsp3) is 0.588. The number of esters is 1. The molecule has 0 aromatic heterocycles. The smallest absolute Gasteiger partial charge is 0.324 e. The van der Waals surface area contributed by atoms with Crippen molar-refractivity contribution >= 4 is 16.2 Å². The van der Waals surface area contributed by atoms with E-state index in [1.807, 2.05) is 31.2 Å². The number of methoxy groups -OCH3 is 1. The molecule has 1 fully saturated rings. The van der Waals surface area contributed by atoms with Gasteiger partial charge in [0.15, 0.2) is 0 Å². The van der Waals surface area contributed by atoms with E-state index in [9.17, 15) is 13.2 Å². The van der Waals surface area contributed by atoms with Gasteiger partial charge in [0.25, 0.3) is 10.2 Å². The molecule has 0 aliphatic carbocycles. The Morgan fingerprint density at radius 3 is 2.54 bits per heavy atom. The number of nitrogens with zero attached hydrogens (tertiary/aromatic N) is 2. The van der Waals surface area contributed by atoms with Crippen LogP contribution in [0.5, 0.6) is 0 Å². The van der Waals surface area contributed by atoms with E-state index in [4.69, 9.17) is 4.74 Å². The van der Waals surface area contributed by atoms with Crippen LogP contribution in [-0.4, -0.2) is 48.7 Å². The van der Waals surface area contributed by atoms with Crippen molar-refractivity contribution in [2.24, 2.45) is 0 Å². The van der Waals surface area contributed by atoms with E-state index in [1.165, 1.54) is 11.4 Å². The van der Waals surface area contributed by atoms with Crippen molar-refractivity contribution in [3.05, 3.63) is 35.4 Å². The quantitative estimate of drug-likeness (QED) is 0.777. The molecule has 7 heteroatoms. The first kappa shape index (κ1) is 17.4. The van der Waals surface area contributed by atoms with Crippen LogP contribution in [0, 0.1) is 0 Å². The van der Waals surface area contributed by atoms with E-state index in [0.29, 0.717) is 13.0 Å². The zero-order chi connectivity index (χ0) is 17.3. The maximum atomic E-state index is 13.2.